The molecule has 0 bridgehead atoms. The molecule has 3 aromatic rings. The molecule has 0 fully saturated rings. The van der Waals surface area contributed by atoms with E-state index in [-0.39, 0.29) is 0 Å². The Hall–Kier alpha value is -3.17. The fourth-order valence-corrected chi connectivity index (χ4v) is 4.54. The van der Waals surface area contributed by atoms with Gasteiger partial charge < -0.3 is 14.2 Å². The van der Waals surface area contributed by atoms with Crippen LogP contribution in [0.5, 0.6) is 17.4 Å². The number of ether oxygens (including phenoxy) is 3. The van der Waals surface area contributed by atoms with Crippen LogP contribution < -0.4 is 14.2 Å². The number of aromatic nitrogens is 1. The van der Waals surface area contributed by atoms with E-state index < -0.39 is 0 Å². The quantitative estimate of drug-likeness (QED) is 0.630. The summed E-state index contributed by atoms with van der Waals surface area (Å²) in [5.74, 6) is 2.30. The molecule has 6 heteroatoms. The molecule has 0 aliphatic carbocycles. The molecule has 0 spiro atoms. The van der Waals surface area contributed by atoms with Crippen molar-refractivity contribution in [2.24, 2.45) is 0 Å². The average Bonchev–Trinajstić information content (AvgIpc) is 2.76. The van der Waals surface area contributed by atoms with Crippen LogP contribution in [0.1, 0.15) is 11.1 Å². The number of methoxy groups -OCH3 is 3. The minimum atomic E-state index is 0.327. The van der Waals surface area contributed by atoms with Gasteiger partial charge in [-0.2, -0.15) is 5.26 Å². The second-order valence-corrected chi connectivity index (χ2v) is 7.18. The molecule has 2 heterocycles. The van der Waals surface area contributed by atoms with Gasteiger partial charge >= 0.3 is 0 Å². The van der Waals surface area contributed by atoms with Gasteiger partial charge in [-0.3, -0.25) is 0 Å². The maximum absolute atomic E-state index is 9.88. The fourth-order valence-electron chi connectivity index (χ4n) is 3.46. The smallest absolute Gasteiger partial charge is 0.232 e. The van der Waals surface area contributed by atoms with Crippen LogP contribution in [0.15, 0.2) is 47.4 Å². The number of hydrogen-bond acceptors (Lipinski definition) is 6. The van der Waals surface area contributed by atoms with E-state index in [1.54, 1.807) is 26.0 Å². The van der Waals surface area contributed by atoms with E-state index in [1.165, 1.54) is 12.0 Å². The highest BCUT2D eigenvalue weighted by Gasteiger charge is 2.27. The van der Waals surface area contributed by atoms with Crippen LogP contribution in [0.3, 0.4) is 0 Å². The molecule has 0 atom stereocenters. The standard InChI is InChI=1S/C22H18N2O3S/c1-25-17-9-8-13(10-18(17)26-2)20-15(11-23)22(27-3)24-21-14-6-4-5-7-19(14)28-12-16(20)21/h4-10H,12H2,1-3H3. The third-order valence-electron chi connectivity index (χ3n) is 4.76. The molecule has 0 saturated carbocycles. The minimum absolute atomic E-state index is 0.327. The average molecular weight is 390 g/mol. The Labute approximate surface area is 167 Å². The third kappa shape index (κ3) is 2.85. The summed E-state index contributed by atoms with van der Waals surface area (Å²) in [7, 11) is 4.74. The van der Waals surface area contributed by atoms with Gasteiger partial charge in [0.05, 0.1) is 27.0 Å². The van der Waals surface area contributed by atoms with Gasteiger partial charge in [-0.05, 0) is 29.3 Å². The molecule has 0 radical (unpaired) electrons. The van der Waals surface area contributed by atoms with E-state index >= 15 is 0 Å². The zero-order chi connectivity index (χ0) is 19.7. The van der Waals surface area contributed by atoms with Crippen molar-refractivity contribution >= 4 is 11.8 Å². The summed E-state index contributed by atoms with van der Waals surface area (Å²) < 4.78 is 16.3. The second-order valence-electron chi connectivity index (χ2n) is 6.16. The van der Waals surface area contributed by atoms with E-state index in [2.05, 4.69) is 18.2 Å². The van der Waals surface area contributed by atoms with Crippen LogP contribution in [0.4, 0.5) is 0 Å². The number of nitriles is 1. The highest BCUT2D eigenvalue weighted by Crippen LogP contribution is 2.47. The predicted octanol–water partition coefficient (Wildman–Crippen LogP) is 4.92. The number of thioether (sulfide) groups is 1. The molecule has 5 nitrogen and oxygen atoms in total. The lowest BCUT2D eigenvalue weighted by atomic mass is 9.92. The molecule has 4 rings (SSSR count). The molecule has 140 valence electrons. The molecular weight excluding hydrogens is 372 g/mol. The van der Waals surface area contributed by atoms with Crippen LogP contribution in [-0.4, -0.2) is 26.3 Å². The van der Waals surface area contributed by atoms with Crippen LogP contribution in [0.25, 0.3) is 22.4 Å². The van der Waals surface area contributed by atoms with Crippen LogP contribution in [0.2, 0.25) is 0 Å². The number of nitrogens with zero attached hydrogens (tertiary/aromatic N) is 2. The summed E-state index contributed by atoms with van der Waals surface area (Å²) in [5, 5.41) is 9.88. The first kappa shape index (κ1) is 18.2. The highest BCUT2D eigenvalue weighted by atomic mass is 32.2. The number of pyridine rings is 1. The first-order valence-corrected chi connectivity index (χ1v) is 9.66. The molecule has 0 amide bonds. The van der Waals surface area contributed by atoms with Gasteiger partial charge in [-0.1, -0.05) is 24.3 Å². The summed E-state index contributed by atoms with van der Waals surface area (Å²) in [6.07, 6.45) is 0. The Bertz CT molecular complexity index is 1110. The van der Waals surface area contributed by atoms with E-state index in [0.717, 1.165) is 33.7 Å². The molecular formula is C22H18N2O3S. The van der Waals surface area contributed by atoms with Gasteiger partial charge in [0.25, 0.3) is 0 Å². The Morgan fingerprint density at radius 1 is 1.00 bits per heavy atom. The Kier molecular flexibility index (Phi) is 4.84. The van der Waals surface area contributed by atoms with E-state index in [4.69, 9.17) is 19.2 Å². The molecule has 1 aliphatic rings. The van der Waals surface area contributed by atoms with Crippen molar-refractivity contribution in [2.45, 2.75) is 10.6 Å². The van der Waals surface area contributed by atoms with Crippen molar-refractivity contribution in [3.63, 3.8) is 0 Å². The largest absolute Gasteiger partial charge is 0.493 e. The van der Waals surface area contributed by atoms with E-state index in [1.807, 2.05) is 30.3 Å². The Balaban J connectivity index is 2.04. The van der Waals surface area contributed by atoms with Crippen molar-refractivity contribution in [3.8, 4) is 45.8 Å². The van der Waals surface area contributed by atoms with E-state index in [9.17, 15) is 5.26 Å². The molecule has 0 saturated heterocycles. The number of benzene rings is 2. The minimum Gasteiger partial charge on any atom is -0.493 e. The zero-order valence-corrected chi connectivity index (χ0v) is 16.6. The number of rotatable bonds is 4. The van der Waals surface area contributed by atoms with Crippen molar-refractivity contribution in [2.75, 3.05) is 21.3 Å². The molecule has 2 aromatic carbocycles. The third-order valence-corrected chi connectivity index (χ3v) is 5.86. The van der Waals surface area contributed by atoms with Gasteiger partial charge in [-0.15, -0.1) is 11.8 Å². The zero-order valence-electron chi connectivity index (χ0n) is 15.8. The molecule has 0 unspecified atom stereocenters. The van der Waals surface area contributed by atoms with Crippen LogP contribution in [0, 0.1) is 11.3 Å². The van der Waals surface area contributed by atoms with Crippen molar-refractivity contribution in [1.29, 1.82) is 5.26 Å². The summed E-state index contributed by atoms with van der Waals surface area (Å²) in [5.41, 5.74) is 5.05. The van der Waals surface area contributed by atoms with Gasteiger partial charge in [0.1, 0.15) is 11.6 Å². The molecule has 1 aromatic heterocycles. The normalized spacial score (nSPS) is 11.8. The predicted molar refractivity (Wildman–Crippen MR) is 109 cm³/mol. The SMILES string of the molecule is COc1ccc(-c2c(C#N)c(OC)nc3c2CSc2ccccc2-3)cc1OC. The van der Waals surface area contributed by atoms with Crippen molar-refractivity contribution in [1.82, 2.24) is 4.98 Å². The fraction of sp³-hybridized carbons (Fsp3) is 0.182. The van der Waals surface area contributed by atoms with Gasteiger partial charge in [0.15, 0.2) is 11.5 Å². The summed E-state index contributed by atoms with van der Waals surface area (Å²) in [6, 6.07) is 16.1. The lowest BCUT2D eigenvalue weighted by molar-refractivity contribution is 0.355. The summed E-state index contributed by atoms with van der Waals surface area (Å²) in [6.45, 7) is 0. The Morgan fingerprint density at radius 3 is 2.50 bits per heavy atom. The summed E-state index contributed by atoms with van der Waals surface area (Å²) in [4.78, 5) is 5.87. The number of fused-ring (bicyclic) bond motifs is 3. The maximum Gasteiger partial charge on any atom is 0.232 e. The van der Waals surface area contributed by atoms with Crippen LogP contribution in [-0.2, 0) is 5.75 Å². The Morgan fingerprint density at radius 2 is 1.79 bits per heavy atom. The lowest BCUT2D eigenvalue weighted by Gasteiger charge is -2.23. The monoisotopic (exact) mass is 390 g/mol. The second kappa shape index (κ2) is 7.45. The first-order chi connectivity index (χ1) is 13.7. The highest BCUT2D eigenvalue weighted by molar-refractivity contribution is 7.98. The van der Waals surface area contributed by atoms with Crippen molar-refractivity contribution in [3.05, 3.63) is 53.6 Å². The number of hydrogen-bond donors (Lipinski definition) is 0. The molecule has 1 aliphatic heterocycles. The lowest BCUT2D eigenvalue weighted by Crippen LogP contribution is -2.06. The van der Waals surface area contributed by atoms with E-state index in [0.29, 0.717) is 22.9 Å². The van der Waals surface area contributed by atoms with Gasteiger partial charge in [-0.25, -0.2) is 4.98 Å². The van der Waals surface area contributed by atoms with Gasteiger partial charge in [0, 0.05) is 21.8 Å². The van der Waals surface area contributed by atoms with Gasteiger partial charge in [0.2, 0.25) is 5.88 Å². The first-order valence-electron chi connectivity index (χ1n) is 8.67. The van der Waals surface area contributed by atoms with Crippen LogP contribution >= 0.6 is 11.8 Å². The van der Waals surface area contributed by atoms with Crippen molar-refractivity contribution < 1.29 is 14.2 Å². The molecule has 0 N–H and O–H groups in total. The topological polar surface area (TPSA) is 64.4 Å². The maximum atomic E-state index is 9.88. The summed E-state index contributed by atoms with van der Waals surface area (Å²) >= 11 is 1.74. The molecule has 28 heavy (non-hydrogen) atoms.